The standard InChI is InChI=1S/C22H28N4O3S2/c1-14(2)18(26-8-10-28-11-9-26)12-23-21(27)20-17(13-30-22-25-24-15(3)31-22)16-6-4-5-7-19(16)29-20/h4-7,14,18H,8-13H2,1-3H3,(H,23,27). The van der Waals surface area contributed by atoms with E-state index < -0.39 is 0 Å². The molecule has 3 aromatic rings. The van der Waals surface area contributed by atoms with Crippen LogP contribution in [-0.2, 0) is 10.5 Å². The van der Waals surface area contributed by atoms with E-state index in [0.29, 0.717) is 24.0 Å². The predicted octanol–water partition coefficient (Wildman–Crippen LogP) is 3.97. The average Bonchev–Trinajstić information content (AvgIpc) is 3.36. The van der Waals surface area contributed by atoms with Gasteiger partial charge < -0.3 is 14.5 Å². The van der Waals surface area contributed by atoms with Crippen LogP contribution in [0.5, 0.6) is 0 Å². The molecule has 2 aromatic heterocycles. The van der Waals surface area contributed by atoms with Gasteiger partial charge in [0, 0.05) is 42.4 Å². The zero-order valence-corrected chi connectivity index (χ0v) is 19.7. The zero-order valence-electron chi connectivity index (χ0n) is 18.1. The Labute approximate surface area is 190 Å². The maximum atomic E-state index is 13.2. The molecule has 4 rings (SSSR count). The highest BCUT2D eigenvalue weighted by Gasteiger charge is 2.26. The summed E-state index contributed by atoms with van der Waals surface area (Å²) in [5.41, 5.74) is 1.63. The molecule has 1 atom stereocenters. The molecule has 9 heteroatoms. The van der Waals surface area contributed by atoms with E-state index in [1.807, 2.05) is 31.2 Å². The summed E-state index contributed by atoms with van der Waals surface area (Å²) in [6.45, 7) is 10.2. The number of fused-ring (bicyclic) bond motifs is 1. The van der Waals surface area contributed by atoms with Gasteiger partial charge in [-0.15, -0.1) is 10.2 Å². The molecule has 166 valence electrons. The van der Waals surface area contributed by atoms with Gasteiger partial charge in [0.05, 0.1) is 13.2 Å². The number of nitrogens with one attached hydrogen (secondary N) is 1. The van der Waals surface area contributed by atoms with E-state index in [1.165, 1.54) is 0 Å². The number of para-hydroxylation sites is 1. The minimum absolute atomic E-state index is 0.167. The first kappa shape index (κ1) is 22.3. The van der Waals surface area contributed by atoms with Crippen molar-refractivity contribution in [3.8, 4) is 0 Å². The number of benzene rings is 1. The van der Waals surface area contributed by atoms with Gasteiger partial charge in [-0.25, -0.2) is 0 Å². The molecule has 7 nitrogen and oxygen atoms in total. The number of rotatable bonds is 8. The van der Waals surface area contributed by atoms with Crippen molar-refractivity contribution in [3.63, 3.8) is 0 Å². The summed E-state index contributed by atoms with van der Waals surface area (Å²) in [5, 5.41) is 13.3. The van der Waals surface area contributed by atoms with Crippen molar-refractivity contribution in [1.29, 1.82) is 0 Å². The van der Waals surface area contributed by atoms with Crippen molar-refractivity contribution in [2.75, 3.05) is 32.8 Å². The lowest BCUT2D eigenvalue weighted by Crippen LogP contribution is -2.51. The molecule has 1 amide bonds. The lowest BCUT2D eigenvalue weighted by molar-refractivity contribution is 0.00666. The van der Waals surface area contributed by atoms with Crippen LogP contribution < -0.4 is 5.32 Å². The molecule has 1 aromatic carbocycles. The topological polar surface area (TPSA) is 80.5 Å². The molecule has 0 saturated carbocycles. The lowest BCUT2D eigenvalue weighted by Gasteiger charge is -2.36. The summed E-state index contributed by atoms with van der Waals surface area (Å²) in [7, 11) is 0. The largest absolute Gasteiger partial charge is 0.451 e. The number of hydrogen-bond donors (Lipinski definition) is 1. The van der Waals surface area contributed by atoms with Crippen LogP contribution in [0.3, 0.4) is 0 Å². The van der Waals surface area contributed by atoms with Crippen LogP contribution in [0.25, 0.3) is 11.0 Å². The van der Waals surface area contributed by atoms with Gasteiger partial charge in [0.1, 0.15) is 10.6 Å². The number of furan rings is 1. The van der Waals surface area contributed by atoms with E-state index in [4.69, 9.17) is 9.15 Å². The summed E-state index contributed by atoms with van der Waals surface area (Å²) >= 11 is 3.14. The zero-order chi connectivity index (χ0) is 21.8. The van der Waals surface area contributed by atoms with Crippen molar-refractivity contribution in [1.82, 2.24) is 20.4 Å². The van der Waals surface area contributed by atoms with Crippen LogP contribution in [0.2, 0.25) is 0 Å². The van der Waals surface area contributed by atoms with Gasteiger partial charge >= 0.3 is 0 Å². The monoisotopic (exact) mass is 460 g/mol. The summed E-state index contributed by atoms with van der Waals surface area (Å²) in [6.07, 6.45) is 0. The Bertz CT molecular complexity index is 1030. The summed E-state index contributed by atoms with van der Waals surface area (Å²) in [4.78, 5) is 15.6. The smallest absolute Gasteiger partial charge is 0.287 e. The first-order valence-corrected chi connectivity index (χ1v) is 12.4. The Morgan fingerprint density at radius 2 is 2.03 bits per heavy atom. The van der Waals surface area contributed by atoms with E-state index in [9.17, 15) is 4.79 Å². The fourth-order valence-electron chi connectivity index (χ4n) is 3.87. The first-order valence-electron chi connectivity index (χ1n) is 10.6. The van der Waals surface area contributed by atoms with Gasteiger partial charge in [0.2, 0.25) is 0 Å². The van der Waals surface area contributed by atoms with Crippen LogP contribution in [0, 0.1) is 12.8 Å². The van der Waals surface area contributed by atoms with Crippen LogP contribution >= 0.6 is 23.1 Å². The molecule has 1 unspecified atom stereocenters. The number of ether oxygens (including phenoxy) is 1. The molecular weight excluding hydrogens is 432 g/mol. The van der Waals surface area contributed by atoms with Gasteiger partial charge in [-0.3, -0.25) is 9.69 Å². The Balaban J connectivity index is 1.51. The number of morpholine rings is 1. The Kier molecular flexibility index (Phi) is 7.27. The van der Waals surface area contributed by atoms with E-state index >= 15 is 0 Å². The minimum Gasteiger partial charge on any atom is -0.451 e. The average molecular weight is 461 g/mol. The fourth-order valence-corrected chi connectivity index (χ4v) is 5.71. The SMILES string of the molecule is Cc1nnc(SCc2c(C(=O)NCC(C(C)C)N3CCOCC3)oc3ccccc23)s1. The molecule has 1 saturated heterocycles. The van der Waals surface area contributed by atoms with Gasteiger partial charge in [0.25, 0.3) is 5.91 Å². The van der Waals surface area contributed by atoms with Crippen molar-refractivity contribution >= 4 is 40.0 Å². The number of carbonyl (C=O) groups excluding carboxylic acids is 1. The quantitative estimate of drug-likeness (QED) is 0.510. The highest BCUT2D eigenvalue weighted by atomic mass is 32.2. The minimum atomic E-state index is -0.167. The van der Waals surface area contributed by atoms with E-state index in [-0.39, 0.29) is 11.9 Å². The molecule has 31 heavy (non-hydrogen) atoms. The third-order valence-electron chi connectivity index (χ3n) is 5.51. The molecule has 1 fully saturated rings. The second kappa shape index (κ2) is 10.1. The molecule has 1 N–H and O–H groups in total. The molecule has 1 aliphatic rings. The van der Waals surface area contributed by atoms with E-state index in [2.05, 4.69) is 34.3 Å². The van der Waals surface area contributed by atoms with Crippen molar-refractivity contribution in [3.05, 3.63) is 40.6 Å². The molecule has 0 radical (unpaired) electrons. The molecule has 3 heterocycles. The second-order valence-electron chi connectivity index (χ2n) is 7.95. The predicted molar refractivity (Wildman–Crippen MR) is 124 cm³/mol. The summed E-state index contributed by atoms with van der Waals surface area (Å²) < 4.78 is 12.4. The molecular formula is C22H28N4O3S2. The van der Waals surface area contributed by atoms with E-state index in [0.717, 1.165) is 52.2 Å². The van der Waals surface area contributed by atoms with Gasteiger partial charge in [-0.1, -0.05) is 55.1 Å². The van der Waals surface area contributed by atoms with Gasteiger partial charge in [-0.05, 0) is 18.9 Å². The van der Waals surface area contributed by atoms with Crippen LogP contribution in [0.15, 0.2) is 33.0 Å². The fraction of sp³-hybridized carbons (Fsp3) is 0.500. The Morgan fingerprint density at radius 1 is 1.26 bits per heavy atom. The second-order valence-corrected chi connectivity index (χ2v) is 10.4. The molecule has 1 aliphatic heterocycles. The number of nitrogens with zero attached hydrogens (tertiary/aromatic N) is 3. The lowest BCUT2D eigenvalue weighted by atomic mass is 10.0. The van der Waals surface area contributed by atoms with E-state index in [1.54, 1.807) is 23.1 Å². The maximum absolute atomic E-state index is 13.2. The van der Waals surface area contributed by atoms with Crippen molar-refractivity contribution in [2.24, 2.45) is 5.92 Å². The van der Waals surface area contributed by atoms with Gasteiger partial charge in [-0.2, -0.15) is 0 Å². The first-order chi connectivity index (χ1) is 15.0. The van der Waals surface area contributed by atoms with Gasteiger partial charge in [0.15, 0.2) is 10.1 Å². The highest BCUT2D eigenvalue weighted by Crippen LogP contribution is 2.33. The molecule has 0 aliphatic carbocycles. The Hall–Kier alpha value is -1.94. The number of thioether (sulfide) groups is 1. The van der Waals surface area contributed by atoms with Crippen molar-refractivity contribution in [2.45, 2.75) is 36.9 Å². The summed E-state index contributed by atoms with van der Waals surface area (Å²) in [6, 6.07) is 8.06. The Morgan fingerprint density at radius 3 is 2.74 bits per heavy atom. The number of carbonyl (C=O) groups is 1. The number of aryl methyl sites for hydroxylation is 1. The normalized spacial score (nSPS) is 16.1. The van der Waals surface area contributed by atoms with Crippen LogP contribution in [0.1, 0.15) is 35.0 Å². The molecule has 0 spiro atoms. The number of amides is 1. The third-order valence-corrected chi connectivity index (χ3v) is 7.51. The van der Waals surface area contributed by atoms with Crippen LogP contribution in [0.4, 0.5) is 0 Å². The highest BCUT2D eigenvalue weighted by molar-refractivity contribution is 8.00. The maximum Gasteiger partial charge on any atom is 0.287 e. The number of aromatic nitrogens is 2. The van der Waals surface area contributed by atoms with Crippen LogP contribution in [-0.4, -0.2) is 59.9 Å². The summed E-state index contributed by atoms with van der Waals surface area (Å²) in [5.74, 6) is 1.24. The number of hydrogen-bond acceptors (Lipinski definition) is 8. The third kappa shape index (κ3) is 5.28. The molecule has 0 bridgehead atoms. The van der Waals surface area contributed by atoms with Crippen molar-refractivity contribution < 1.29 is 13.9 Å².